The van der Waals surface area contributed by atoms with E-state index in [-0.39, 0.29) is 12.0 Å². The zero-order valence-corrected chi connectivity index (χ0v) is 18.6. The van der Waals surface area contributed by atoms with Gasteiger partial charge in [-0.3, -0.25) is 9.79 Å². The lowest BCUT2D eigenvalue weighted by molar-refractivity contribution is 0.0757. The summed E-state index contributed by atoms with van der Waals surface area (Å²) in [5.74, 6) is -0.0628. The van der Waals surface area contributed by atoms with Crippen molar-refractivity contribution >= 4 is 29.1 Å². The van der Waals surface area contributed by atoms with Crippen LogP contribution in [-0.4, -0.2) is 30.9 Å². The van der Waals surface area contributed by atoms with Gasteiger partial charge < -0.3 is 10.1 Å². The fourth-order valence-electron chi connectivity index (χ4n) is 3.24. The molecule has 1 aliphatic heterocycles. The van der Waals surface area contributed by atoms with Crippen molar-refractivity contribution in [3.05, 3.63) is 53.1 Å². The molecule has 2 aromatic carbocycles. The van der Waals surface area contributed by atoms with Gasteiger partial charge in [0.05, 0.1) is 11.8 Å². The molecule has 0 saturated carbocycles. The minimum absolute atomic E-state index is 0.0628. The molecular weight excluding hydrogens is 380 g/mol. The van der Waals surface area contributed by atoms with Crippen LogP contribution in [0.25, 0.3) is 0 Å². The molecule has 0 fully saturated rings. The normalized spacial score (nSPS) is 12.8. The number of amides is 1. The third-order valence-corrected chi connectivity index (χ3v) is 5.83. The van der Waals surface area contributed by atoms with Crippen LogP contribution in [0.4, 0.5) is 5.69 Å². The van der Waals surface area contributed by atoms with Crippen LogP contribution in [0.15, 0.2) is 51.2 Å². The van der Waals surface area contributed by atoms with Gasteiger partial charge >= 0.3 is 0 Å². The van der Waals surface area contributed by atoms with Crippen molar-refractivity contribution in [1.29, 1.82) is 0 Å². The molecule has 0 saturated heterocycles. The Balaban J connectivity index is 1.79. The van der Waals surface area contributed by atoms with Gasteiger partial charge in [-0.15, -0.1) is 0 Å². The fraction of sp³-hybridized carbons (Fsp3) is 0.417. The Morgan fingerprint density at radius 1 is 1.17 bits per heavy atom. The van der Waals surface area contributed by atoms with E-state index in [0.717, 1.165) is 35.6 Å². The Labute approximate surface area is 178 Å². The van der Waals surface area contributed by atoms with Gasteiger partial charge in [-0.2, -0.15) is 0 Å². The Bertz CT molecular complexity index is 906. The SMILES string of the molecule is CCCC1=Nc2cc(C(=O)NCCCOC(C)C)ccc2Sc2ccc(C)cc21. The molecule has 1 aliphatic rings. The first-order chi connectivity index (χ1) is 14.0. The van der Waals surface area contributed by atoms with E-state index in [1.165, 1.54) is 16.0 Å². The van der Waals surface area contributed by atoms with Crippen LogP contribution >= 0.6 is 11.8 Å². The van der Waals surface area contributed by atoms with E-state index < -0.39 is 0 Å². The number of nitrogens with one attached hydrogen (secondary N) is 1. The summed E-state index contributed by atoms with van der Waals surface area (Å²) in [4.78, 5) is 19.9. The summed E-state index contributed by atoms with van der Waals surface area (Å²) in [5.41, 5.74) is 5.07. The van der Waals surface area contributed by atoms with Crippen molar-refractivity contribution in [3.63, 3.8) is 0 Å². The third-order valence-electron chi connectivity index (χ3n) is 4.69. The smallest absolute Gasteiger partial charge is 0.251 e. The molecular formula is C24H30N2O2S. The predicted octanol–water partition coefficient (Wildman–Crippen LogP) is 5.93. The highest BCUT2D eigenvalue weighted by molar-refractivity contribution is 7.99. The lowest BCUT2D eigenvalue weighted by Gasteiger charge is -2.09. The van der Waals surface area contributed by atoms with Gasteiger partial charge in [0.25, 0.3) is 5.91 Å². The highest BCUT2D eigenvalue weighted by atomic mass is 32.2. The molecule has 2 aromatic rings. The highest BCUT2D eigenvalue weighted by Crippen LogP contribution is 2.41. The van der Waals surface area contributed by atoms with E-state index in [1.54, 1.807) is 11.8 Å². The van der Waals surface area contributed by atoms with Gasteiger partial charge in [-0.05, 0) is 63.9 Å². The first-order valence-corrected chi connectivity index (χ1v) is 11.2. The number of aryl methyl sites for hydroxylation is 1. The van der Waals surface area contributed by atoms with Crippen LogP contribution in [0, 0.1) is 6.92 Å². The standard InChI is InChI=1S/C24H30N2O2S/c1-5-7-20-19-14-17(4)8-10-22(19)29-23-11-9-18(15-21(23)26-20)24(27)25-12-6-13-28-16(2)3/h8-11,14-16H,5-7,12-13H2,1-4H3,(H,25,27). The molecule has 3 rings (SSSR count). The first kappa shape index (κ1) is 21.6. The number of aliphatic imine (C=N–C) groups is 1. The molecule has 0 spiro atoms. The number of nitrogens with zero attached hydrogens (tertiary/aromatic N) is 1. The number of benzene rings is 2. The van der Waals surface area contributed by atoms with Gasteiger partial charge in [-0.25, -0.2) is 0 Å². The second kappa shape index (κ2) is 10.1. The van der Waals surface area contributed by atoms with Crippen molar-refractivity contribution in [2.24, 2.45) is 4.99 Å². The van der Waals surface area contributed by atoms with E-state index >= 15 is 0 Å². The summed E-state index contributed by atoms with van der Waals surface area (Å²) >= 11 is 1.73. The van der Waals surface area contributed by atoms with Gasteiger partial charge in [0.2, 0.25) is 0 Å². The van der Waals surface area contributed by atoms with Crippen molar-refractivity contribution in [3.8, 4) is 0 Å². The molecule has 154 valence electrons. The largest absolute Gasteiger partial charge is 0.379 e. The molecule has 1 heterocycles. The maximum Gasteiger partial charge on any atom is 0.251 e. The highest BCUT2D eigenvalue weighted by Gasteiger charge is 2.18. The topological polar surface area (TPSA) is 50.7 Å². The van der Waals surface area contributed by atoms with Crippen molar-refractivity contribution in [2.75, 3.05) is 13.2 Å². The second-order valence-electron chi connectivity index (χ2n) is 7.62. The monoisotopic (exact) mass is 410 g/mol. The quantitative estimate of drug-likeness (QED) is 0.549. The molecule has 0 bridgehead atoms. The van der Waals surface area contributed by atoms with Crippen LogP contribution in [0.3, 0.4) is 0 Å². The summed E-state index contributed by atoms with van der Waals surface area (Å²) in [5, 5.41) is 2.98. The summed E-state index contributed by atoms with van der Waals surface area (Å²) in [6, 6.07) is 12.4. The Morgan fingerprint density at radius 2 is 1.97 bits per heavy atom. The van der Waals surface area contributed by atoms with Crippen LogP contribution < -0.4 is 5.32 Å². The zero-order chi connectivity index (χ0) is 20.8. The molecule has 0 aromatic heterocycles. The molecule has 29 heavy (non-hydrogen) atoms. The third kappa shape index (κ3) is 5.71. The van der Waals surface area contributed by atoms with Crippen molar-refractivity contribution < 1.29 is 9.53 Å². The zero-order valence-electron chi connectivity index (χ0n) is 17.7. The van der Waals surface area contributed by atoms with Gasteiger partial charge in [0.15, 0.2) is 0 Å². The van der Waals surface area contributed by atoms with Gasteiger partial charge in [-0.1, -0.05) is 36.7 Å². The van der Waals surface area contributed by atoms with Gasteiger partial charge in [0, 0.05) is 39.8 Å². The van der Waals surface area contributed by atoms with E-state index in [0.29, 0.717) is 18.7 Å². The van der Waals surface area contributed by atoms with E-state index in [1.807, 2.05) is 32.0 Å². The predicted molar refractivity (Wildman–Crippen MR) is 121 cm³/mol. The van der Waals surface area contributed by atoms with Crippen molar-refractivity contribution in [1.82, 2.24) is 5.32 Å². The Hall–Kier alpha value is -2.11. The van der Waals surface area contributed by atoms with Gasteiger partial charge in [0.1, 0.15) is 0 Å². The number of hydrogen-bond acceptors (Lipinski definition) is 4. The minimum atomic E-state index is -0.0628. The molecule has 4 nitrogen and oxygen atoms in total. The molecule has 1 N–H and O–H groups in total. The van der Waals surface area contributed by atoms with Crippen LogP contribution in [0.2, 0.25) is 0 Å². The number of ether oxygens (including phenoxy) is 1. The van der Waals surface area contributed by atoms with E-state index in [2.05, 4.69) is 37.4 Å². The summed E-state index contributed by atoms with van der Waals surface area (Å²) < 4.78 is 5.52. The molecule has 0 aliphatic carbocycles. The lowest BCUT2D eigenvalue weighted by Crippen LogP contribution is -2.25. The first-order valence-electron chi connectivity index (χ1n) is 10.4. The Morgan fingerprint density at radius 3 is 2.72 bits per heavy atom. The second-order valence-corrected chi connectivity index (χ2v) is 8.71. The Kier molecular flexibility index (Phi) is 7.51. The van der Waals surface area contributed by atoms with E-state index in [4.69, 9.17) is 9.73 Å². The molecule has 5 heteroatoms. The average molecular weight is 411 g/mol. The fourth-order valence-corrected chi connectivity index (χ4v) is 4.24. The van der Waals surface area contributed by atoms with E-state index in [9.17, 15) is 4.79 Å². The summed E-state index contributed by atoms with van der Waals surface area (Å²) in [7, 11) is 0. The molecule has 0 radical (unpaired) electrons. The summed E-state index contributed by atoms with van der Waals surface area (Å²) in [6.45, 7) is 9.57. The number of rotatable bonds is 8. The minimum Gasteiger partial charge on any atom is -0.379 e. The lowest BCUT2D eigenvalue weighted by atomic mass is 10.0. The maximum atomic E-state index is 12.6. The number of hydrogen-bond donors (Lipinski definition) is 1. The summed E-state index contributed by atoms with van der Waals surface area (Å²) in [6.07, 6.45) is 2.97. The molecule has 1 amide bonds. The van der Waals surface area contributed by atoms with Crippen molar-refractivity contribution in [2.45, 2.75) is 62.9 Å². The molecule has 0 unspecified atom stereocenters. The number of carbonyl (C=O) groups is 1. The number of carbonyl (C=O) groups excluding carboxylic acids is 1. The van der Waals surface area contributed by atoms with Crippen LogP contribution in [0.1, 0.15) is 61.5 Å². The molecule has 0 atom stereocenters. The number of fused-ring (bicyclic) bond motifs is 2. The maximum absolute atomic E-state index is 12.6. The van der Waals surface area contributed by atoms with Crippen LogP contribution in [0.5, 0.6) is 0 Å². The van der Waals surface area contributed by atoms with Crippen LogP contribution in [-0.2, 0) is 4.74 Å². The average Bonchev–Trinajstić information content (AvgIpc) is 2.83.